The van der Waals surface area contributed by atoms with E-state index in [1.807, 2.05) is 0 Å². The number of carbonyl (C=O) groups is 2. The minimum Gasteiger partial charge on any atom is -0.465 e. The third-order valence-electron chi connectivity index (χ3n) is 2.04. The van der Waals surface area contributed by atoms with Crippen molar-refractivity contribution < 1.29 is 14.3 Å². The minimum absolute atomic E-state index is 0.130. The summed E-state index contributed by atoms with van der Waals surface area (Å²) in [4.78, 5) is 22.6. The van der Waals surface area contributed by atoms with E-state index in [0.717, 1.165) is 5.56 Å². The number of rotatable bonds is 2. The molecule has 0 spiro atoms. The third kappa shape index (κ3) is 1.82. The Labute approximate surface area is 82.7 Å². The molecule has 1 aromatic rings. The van der Waals surface area contributed by atoms with Crippen molar-refractivity contribution in [2.24, 2.45) is 0 Å². The molecule has 0 fully saturated rings. The summed E-state index contributed by atoms with van der Waals surface area (Å²) in [5, 5.41) is 0. The maximum atomic E-state index is 11.4. The summed E-state index contributed by atoms with van der Waals surface area (Å²) in [5.74, 6) is -0.595. The zero-order valence-corrected chi connectivity index (χ0v) is 8.46. The molecule has 0 unspecified atom stereocenters. The lowest BCUT2D eigenvalue weighted by atomic mass is 9.99. The number of carbonyl (C=O) groups excluding carboxylic acids is 2. The van der Waals surface area contributed by atoms with Gasteiger partial charge in [-0.1, -0.05) is 18.2 Å². The first kappa shape index (κ1) is 10.4. The second-order valence-corrected chi connectivity index (χ2v) is 3.05. The number of benzene rings is 1. The summed E-state index contributed by atoms with van der Waals surface area (Å²) in [6.45, 7) is 3.21. The molecule has 0 saturated carbocycles. The van der Waals surface area contributed by atoms with Gasteiger partial charge in [0.25, 0.3) is 0 Å². The lowest BCUT2D eigenvalue weighted by molar-refractivity contribution is 0.0596. The molecule has 0 radical (unpaired) electrons. The van der Waals surface area contributed by atoms with Crippen LogP contribution in [0.1, 0.15) is 33.2 Å². The lowest BCUT2D eigenvalue weighted by Gasteiger charge is -2.07. The zero-order chi connectivity index (χ0) is 10.7. The number of hydrogen-bond donors (Lipinski definition) is 0. The topological polar surface area (TPSA) is 43.4 Å². The molecule has 0 bridgehead atoms. The van der Waals surface area contributed by atoms with E-state index in [0.29, 0.717) is 11.1 Å². The van der Waals surface area contributed by atoms with Crippen LogP contribution in [0, 0.1) is 6.92 Å². The van der Waals surface area contributed by atoms with Gasteiger partial charge in [-0.2, -0.15) is 0 Å². The van der Waals surface area contributed by atoms with Crippen LogP contribution < -0.4 is 0 Å². The molecular weight excluding hydrogens is 180 g/mol. The van der Waals surface area contributed by atoms with Crippen LogP contribution in [0.3, 0.4) is 0 Å². The van der Waals surface area contributed by atoms with Gasteiger partial charge in [0.1, 0.15) is 0 Å². The van der Waals surface area contributed by atoms with Crippen LogP contribution in [0.4, 0.5) is 0 Å². The zero-order valence-electron chi connectivity index (χ0n) is 8.46. The molecule has 74 valence electrons. The van der Waals surface area contributed by atoms with E-state index in [9.17, 15) is 9.59 Å². The predicted molar refractivity (Wildman–Crippen MR) is 52.5 cm³/mol. The highest BCUT2D eigenvalue weighted by Gasteiger charge is 2.16. The van der Waals surface area contributed by atoms with Gasteiger partial charge in [-0.15, -0.1) is 0 Å². The van der Waals surface area contributed by atoms with Crippen LogP contribution in [0.2, 0.25) is 0 Å². The number of ketones is 1. The molecule has 3 nitrogen and oxygen atoms in total. The highest BCUT2D eigenvalue weighted by Crippen LogP contribution is 2.15. The van der Waals surface area contributed by atoms with Gasteiger partial charge in [0.05, 0.1) is 12.7 Å². The Balaban J connectivity index is 3.36. The summed E-state index contributed by atoms with van der Waals surface area (Å²) in [6, 6.07) is 5.15. The van der Waals surface area contributed by atoms with Crippen LogP contribution in [0.15, 0.2) is 18.2 Å². The predicted octanol–water partition coefficient (Wildman–Crippen LogP) is 1.98. The highest BCUT2D eigenvalue weighted by molar-refractivity contribution is 6.06. The van der Waals surface area contributed by atoms with Crippen molar-refractivity contribution in [1.29, 1.82) is 0 Å². The average molecular weight is 192 g/mol. The molecule has 0 aromatic heterocycles. The minimum atomic E-state index is -0.465. The molecule has 1 aromatic carbocycles. The Hall–Kier alpha value is -1.64. The van der Waals surface area contributed by atoms with Crippen molar-refractivity contribution in [3.63, 3.8) is 0 Å². The smallest absolute Gasteiger partial charge is 0.338 e. The van der Waals surface area contributed by atoms with E-state index in [2.05, 4.69) is 4.74 Å². The Morgan fingerprint density at radius 1 is 1.29 bits per heavy atom. The molecule has 3 heteroatoms. The van der Waals surface area contributed by atoms with Gasteiger partial charge in [-0.3, -0.25) is 4.79 Å². The third-order valence-corrected chi connectivity index (χ3v) is 2.04. The first-order chi connectivity index (χ1) is 6.57. The fraction of sp³-hybridized carbons (Fsp3) is 0.273. The van der Waals surface area contributed by atoms with Crippen LogP contribution in [0.25, 0.3) is 0 Å². The molecule has 0 N–H and O–H groups in total. The first-order valence-electron chi connectivity index (χ1n) is 4.26. The van der Waals surface area contributed by atoms with Crippen LogP contribution in [0.5, 0.6) is 0 Å². The Morgan fingerprint density at radius 3 is 2.43 bits per heavy atom. The quantitative estimate of drug-likeness (QED) is 0.531. The van der Waals surface area contributed by atoms with Gasteiger partial charge in [-0.05, 0) is 19.4 Å². The molecular formula is C11H12O3. The summed E-state index contributed by atoms with van der Waals surface area (Å²) >= 11 is 0. The SMILES string of the molecule is COC(=O)c1c(C)cccc1C(C)=O. The highest BCUT2D eigenvalue weighted by atomic mass is 16.5. The Morgan fingerprint density at radius 2 is 1.93 bits per heavy atom. The fourth-order valence-electron chi connectivity index (χ4n) is 1.33. The monoisotopic (exact) mass is 192 g/mol. The van der Waals surface area contributed by atoms with Gasteiger partial charge < -0.3 is 4.74 Å². The van der Waals surface area contributed by atoms with Crippen LogP contribution >= 0.6 is 0 Å². The molecule has 0 aliphatic heterocycles. The molecule has 0 saturated heterocycles. The number of esters is 1. The number of ether oxygens (including phenoxy) is 1. The van der Waals surface area contributed by atoms with Gasteiger partial charge in [0, 0.05) is 5.56 Å². The number of methoxy groups -OCH3 is 1. The van der Waals surface area contributed by atoms with Gasteiger partial charge in [0.2, 0.25) is 0 Å². The van der Waals surface area contributed by atoms with Gasteiger partial charge >= 0.3 is 5.97 Å². The maximum Gasteiger partial charge on any atom is 0.338 e. The maximum absolute atomic E-state index is 11.4. The summed E-state index contributed by atoms with van der Waals surface area (Å²) in [7, 11) is 1.30. The van der Waals surface area contributed by atoms with Crippen molar-refractivity contribution >= 4 is 11.8 Å². The lowest BCUT2D eigenvalue weighted by Crippen LogP contribution is -2.10. The van der Waals surface area contributed by atoms with E-state index in [1.54, 1.807) is 25.1 Å². The first-order valence-corrected chi connectivity index (χ1v) is 4.26. The molecule has 0 atom stereocenters. The summed E-state index contributed by atoms with van der Waals surface area (Å²) in [6.07, 6.45) is 0. The van der Waals surface area contributed by atoms with Crippen molar-refractivity contribution in [2.45, 2.75) is 13.8 Å². The average Bonchev–Trinajstić information content (AvgIpc) is 2.16. The van der Waals surface area contributed by atoms with Gasteiger partial charge in [-0.25, -0.2) is 4.79 Å². The van der Waals surface area contributed by atoms with E-state index >= 15 is 0 Å². The molecule has 0 aliphatic rings. The summed E-state index contributed by atoms with van der Waals surface area (Å²) < 4.78 is 4.62. The van der Waals surface area contributed by atoms with Crippen molar-refractivity contribution in [3.05, 3.63) is 34.9 Å². The summed E-state index contributed by atoms with van der Waals surface area (Å²) in [5.41, 5.74) is 1.53. The normalized spacial score (nSPS) is 9.64. The van der Waals surface area contributed by atoms with Crippen molar-refractivity contribution in [2.75, 3.05) is 7.11 Å². The van der Waals surface area contributed by atoms with Gasteiger partial charge in [0.15, 0.2) is 5.78 Å². The molecule has 14 heavy (non-hydrogen) atoms. The number of aryl methyl sites for hydroxylation is 1. The number of Topliss-reactive ketones (excluding diaryl/α,β-unsaturated/α-hetero) is 1. The van der Waals surface area contributed by atoms with Crippen LogP contribution in [-0.2, 0) is 4.74 Å². The van der Waals surface area contributed by atoms with Crippen molar-refractivity contribution in [3.8, 4) is 0 Å². The van der Waals surface area contributed by atoms with Crippen molar-refractivity contribution in [1.82, 2.24) is 0 Å². The van der Waals surface area contributed by atoms with E-state index in [1.165, 1.54) is 14.0 Å². The molecule has 0 amide bonds. The largest absolute Gasteiger partial charge is 0.465 e. The number of hydrogen-bond acceptors (Lipinski definition) is 3. The second-order valence-electron chi connectivity index (χ2n) is 3.05. The molecule has 0 heterocycles. The van der Waals surface area contributed by atoms with E-state index in [-0.39, 0.29) is 5.78 Å². The standard InChI is InChI=1S/C11H12O3/c1-7-5-4-6-9(8(2)12)10(7)11(13)14-3/h4-6H,1-3H3. The Kier molecular flexibility index (Phi) is 3.02. The Bertz CT molecular complexity index is 380. The fourth-order valence-corrected chi connectivity index (χ4v) is 1.33. The second kappa shape index (κ2) is 4.05. The van der Waals surface area contributed by atoms with Crippen LogP contribution in [-0.4, -0.2) is 18.9 Å². The molecule has 0 aliphatic carbocycles. The van der Waals surface area contributed by atoms with E-state index < -0.39 is 5.97 Å². The van der Waals surface area contributed by atoms with E-state index in [4.69, 9.17) is 0 Å². The molecule has 1 rings (SSSR count).